The van der Waals surface area contributed by atoms with Gasteiger partial charge >= 0.3 is 0 Å². The van der Waals surface area contributed by atoms with Gasteiger partial charge in [-0.1, -0.05) is 39.0 Å². The van der Waals surface area contributed by atoms with Crippen LogP contribution in [0.2, 0.25) is 0 Å². The summed E-state index contributed by atoms with van der Waals surface area (Å²) in [6, 6.07) is 0. The first-order valence-electron chi connectivity index (χ1n) is 7.89. The molecule has 4 heteroatoms. The van der Waals surface area contributed by atoms with Gasteiger partial charge in [0.05, 0.1) is 25.9 Å². The molecule has 4 nitrogen and oxygen atoms in total. The monoisotopic (exact) mass is 273 g/mol. The molecule has 0 saturated carbocycles. The molecule has 0 amide bonds. The minimum Gasteiger partial charge on any atom is -0.389 e. The third kappa shape index (κ3) is 9.38. The zero-order valence-electron chi connectivity index (χ0n) is 12.5. The van der Waals surface area contributed by atoms with Gasteiger partial charge in [0.1, 0.15) is 0 Å². The van der Waals surface area contributed by atoms with E-state index in [-0.39, 0.29) is 6.10 Å². The lowest BCUT2D eigenvalue weighted by atomic mass is 10.1. The number of nitrogens with zero attached hydrogens (tertiary/aromatic N) is 1. The lowest BCUT2D eigenvalue weighted by Gasteiger charge is -2.28. The second kappa shape index (κ2) is 11.6. The van der Waals surface area contributed by atoms with Gasteiger partial charge < -0.3 is 14.6 Å². The maximum absolute atomic E-state index is 9.87. The normalized spacial score (nSPS) is 18.6. The quantitative estimate of drug-likeness (QED) is 0.585. The van der Waals surface area contributed by atoms with Gasteiger partial charge in [-0.3, -0.25) is 4.90 Å². The molecule has 1 heterocycles. The van der Waals surface area contributed by atoms with E-state index in [0.717, 1.165) is 39.3 Å². The van der Waals surface area contributed by atoms with Crippen molar-refractivity contribution in [2.24, 2.45) is 0 Å². The molecular formula is C15H31NO3. The van der Waals surface area contributed by atoms with Crippen LogP contribution in [0.3, 0.4) is 0 Å². The summed E-state index contributed by atoms with van der Waals surface area (Å²) in [5.41, 5.74) is 0. The Labute approximate surface area is 118 Å². The molecule has 0 aromatic heterocycles. The second-order valence-electron chi connectivity index (χ2n) is 5.41. The van der Waals surface area contributed by atoms with E-state index in [4.69, 9.17) is 9.47 Å². The Morgan fingerprint density at radius 1 is 1.11 bits per heavy atom. The smallest absolute Gasteiger partial charge is 0.0900 e. The number of β-amino-alcohol motifs (C(OH)–C–C–N with tert-alkyl or cyclic N) is 1. The number of hydrogen-bond acceptors (Lipinski definition) is 4. The minimum atomic E-state index is -0.363. The van der Waals surface area contributed by atoms with Crippen LogP contribution in [0.25, 0.3) is 0 Å². The summed E-state index contributed by atoms with van der Waals surface area (Å²) in [6.45, 7) is 7.61. The van der Waals surface area contributed by atoms with E-state index in [2.05, 4.69) is 11.8 Å². The highest BCUT2D eigenvalue weighted by molar-refractivity contribution is 4.66. The van der Waals surface area contributed by atoms with Crippen molar-refractivity contribution in [1.29, 1.82) is 0 Å². The lowest BCUT2D eigenvalue weighted by molar-refractivity contribution is -0.0145. The van der Waals surface area contributed by atoms with Gasteiger partial charge in [0.15, 0.2) is 0 Å². The highest BCUT2D eigenvalue weighted by atomic mass is 16.5. The van der Waals surface area contributed by atoms with E-state index < -0.39 is 0 Å². The van der Waals surface area contributed by atoms with Gasteiger partial charge in [0.2, 0.25) is 0 Å². The van der Waals surface area contributed by atoms with E-state index in [1.807, 2.05) is 0 Å². The molecule has 0 radical (unpaired) electrons. The van der Waals surface area contributed by atoms with Gasteiger partial charge in [-0.25, -0.2) is 0 Å². The molecule has 0 aromatic carbocycles. The number of aliphatic hydroxyl groups is 1. The van der Waals surface area contributed by atoms with Gasteiger partial charge in [-0.2, -0.15) is 0 Å². The molecule has 1 rings (SSSR count). The maximum Gasteiger partial charge on any atom is 0.0900 e. The predicted octanol–water partition coefficient (Wildman–Crippen LogP) is 2.06. The van der Waals surface area contributed by atoms with Crippen LogP contribution in [0.5, 0.6) is 0 Å². The fourth-order valence-corrected chi connectivity index (χ4v) is 2.34. The zero-order chi connectivity index (χ0) is 13.8. The first-order valence-corrected chi connectivity index (χ1v) is 7.89. The molecular weight excluding hydrogens is 242 g/mol. The molecule has 1 unspecified atom stereocenters. The second-order valence-corrected chi connectivity index (χ2v) is 5.41. The van der Waals surface area contributed by atoms with E-state index >= 15 is 0 Å². The van der Waals surface area contributed by atoms with E-state index in [1.54, 1.807) is 0 Å². The molecule has 0 bridgehead atoms. The Bertz CT molecular complexity index is 196. The Balaban J connectivity index is 1.85. The Morgan fingerprint density at radius 3 is 2.53 bits per heavy atom. The summed E-state index contributed by atoms with van der Waals surface area (Å²) in [4.78, 5) is 2.24. The number of ether oxygens (including phenoxy) is 2. The molecule has 1 saturated heterocycles. The van der Waals surface area contributed by atoms with Crippen LogP contribution in [-0.2, 0) is 9.47 Å². The molecule has 1 aliphatic heterocycles. The third-order valence-corrected chi connectivity index (χ3v) is 3.53. The van der Waals surface area contributed by atoms with Crippen LogP contribution in [0.15, 0.2) is 0 Å². The standard InChI is InChI=1S/C15H31NO3/c1-2-3-4-5-6-7-10-19-14-15(17)13-16-8-11-18-12-9-16/h15,17H,2-14H2,1H3. The first kappa shape index (κ1) is 16.9. The van der Waals surface area contributed by atoms with Crippen LogP contribution < -0.4 is 0 Å². The van der Waals surface area contributed by atoms with Crippen LogP contribution in [0, 0.1) is 0 Å². The number of morpholine rings is 1. The van der Waals surface area contributed by atoms with Crippen LogP contribution >= 0.6 is 0 Å². The fourth-order valence-electron chi connectivity index (χ4n) is 2.34. The predicted molar refractivity (Wildman–Crippen MR) is 77.5 cm³/mol. The highest BCUT2D eigenvalue weighted by Gasteiger charge is 2.14. The van der Waals surface area contributed by atoms with Crippen LogP contribution in [-0.4, -0.2) is 62.2 Å². The van der Waals surface area contributed by atoms with Gasteiger partial charge in [0, 0.05) is 26.2 Å². The zero-order valence-corrected chi connectivity index (χ0v) is 12.5. The van der Waals surface area contributed by atoms with E-state index in [1.165, 1.54) is 32.1 Å². The van der Waals surface area contributed by atoms with Gasteiger partial charge in [-0.15, -0.1) is 0 Å². The highest BCUT2D eigenvalue weighted by Crippen LogP contribution is 2.05. The number of unbranched alkanes of at least 4 members (excludes halogenated alkanes) is 5. The number of hydrogen-bond donors (Lipinski definition) is 1. The molecule has 1 atom stereocenters. The topological polar surface area (TPSA) is 41.9 Å². The fraction of sp³-hybridized carbons (Fsp3) is 1.00. The molecule has 0 aromatic rings. The van der Waals surface area contributed by atoms with Crippen molar-refractivity contribution in [2.75, 3.05) is 46.1 Å². The van der Waals surface area contributed by atoms with Crippen molar-refractivity contribution < 1.29 is 14.6 Å². The van der Waals surface area contributed by atoms with Crippen molar-refractivity contribution in [3.63, 3.8) is 0 Å². The van der Waals surface area contributed by atoms with Crippen LogP contribution in [0.1, 0.15) is 45.4 Å². The molecule has 1 fully saturated rings. The third-order valence-electron chi connectivity index (χ3n) is 3.53. The first-order chi connectivity index (χ1) is 9.33. The van der Waals surface area contributed by atoms with Crippen molar-refractivity contribution in [3.8, 4) is 0 Å². The lowest BCUT2D eigenvalue weighted by Crippen LogP contribution is -2.42. The molecule has 1 aliphatic rings. The largest absolute Gasteiger partial charge is 0.389 e. The Morgan fingerprint density at radius 2 is 1.79 bits per heavy atom. The molecule has 0 aliphatic carbocycles. The summed E-state index contributed by atoms with van der Waals surface area (Å²) in [5, 5.41) is 9.87. The average Bonchev–Trinajstić information content (AvgIpc) is 2.43. The average molecular weight is 273 g/mol. The van der Waals surface area contributed by atoms with Crippen molar-refractivity contribution in [2.45, 2.75) is 51.6 Å². The number of aliphatic hydroxyl groups excluding tert-OH is 1. The summed E-state index contributed by atoms with van der Waals surface area (Å²) in [7, 11) is 0. The SMILES string of the molecule is CCCCCCCCOCC(O)CN1CCOCC1. The summed E-state index contributed by atoms with van der Waals surface area (Å²) in [6.07, 6.45) is 7.30. The Hall–Kier alpha value is -0.160. The summed E-state index contributed by atoms with van der Waals surface area (Å²) >= 11 is 0. The summed E-state index contributed by atoms with van der Waals surface area (Å²) < 4.78 is 10.8. The van der Waals surface area contributed by atoms with Crippen molar-refractivity contribution in [1.82, 2.24) is 4.90 Å². The van der Waals surface area contributed by atoms with Gasteiger partial charge in [0.25, 0.3) is 0 Å². The molecule has 114 valence electrons. The van der Waals surface area contributed by atoms with Crippen molar-refractivity contribution >= 4 is 0 Å². The van der Waals surface area contributed by atoms with E-state index in [0.29, 0.717) is 13.2 Å². The minimum absolute atomic E-state index is 0.363. The maximum atomic E-state index is 9.87. The molecule has 19 heavy (non-hydrogen) atoms. The van der Waals surface area contributed by atoms with E-state index in [9.17, 15) is 5.11 Å². The molecule has 1 N–H and O–H groups in total. The van der Waals surface area contributed by atoms with Crippen molar-refractivity contribution in [3.05, 3.63) is 0 Å². The number of rotatable bonds is 11. The van der Waals surface area contributed by atoms with Gasteiger partial charge in [-0.05, 0) is 6.42 Å². The van der Waals surface area contributed by atoms with Crippen LogP contribution in [0.4, 0.5) is 0 Å². The molecule has 0 spiro atoms. The Kier molecular flexibility index (Phi) is 10.4. The summed E-state index contributed by atoms with van der Waals surface area (Å²) in [5.74, 6) is 0.